The van der Waals surface area contributed by atoms with Crippen molar-refractivity contribution in [3.63, 3.8) is 0 Å². The number of aromatic nitrogens is 4. The predicted molar refractivity (Wildman–Crippen MR) is 148 cm³/mol. The molecule has 0 radical (unpaired) electrons. The lowest BCUT2D eigenvalue weighted by Crippen LogP contribution is -2.46. The van der Waals surface area contributed by atoms with Gasteiger partial charge < -0.3 is 15.0 Å². The Hall–Kier alpha value is -4.57. The van der Waals surface area contributed by atoms with E-state index in [1.807, 2.05) is 19.2 Å². The highest BCUT2D eigenvalue weighted by Gasteiger charge is 2.30. The molecule has 6 rings (SSSR count). The minimum absolute atomic E-state index is 0.162. The lowest BCUT2D eigenvalue weighted by Gasteiger charge is -2.34. The molecular formula is C29H27FN6O3. The number of hydrogen-bond acceptors (Lipinski definition) is 5. The number of amides is 1. The second-order valence-electron chi connectivity index (χ2n) is 10.0. The van der Waals surface area contributed by atoms with Crippen LogP contribution < -0.4 is 10.5 Å². The second kappa shape index (κ2) is 9.95. The van der Waals surface area contributed by atoms with Crippen molar-refractivity contribution in [3.05, 3.63) is 88.1 Å². The van der Waals surface area contributed by atoms with Crippen molar-refractivity contribution in [2.75, 3.05) is 25.0 Å². The first-order chi connectivity index (χ1) is 18.9. The number of nitrogens with one attached hydrogen (secondary N) is 2. The van der Waals surface area contributed by atoms with E-state index in [2.05, 4.69) is 25.1 Å². The lowest BCUT2D eigenvalue weighted by molar-refractivity contribution is 0.189. The molecule has 10 heteroatoms. The van der Waals surface area contributed by atoms with E-state index < -0.39 is 6.09 Å². The minimum Gasteiger partial charge on any atom is -0.465 e. The van der Waals surface area contributed by atoms with E-state index in [9.17, 15) is 14.7 Å². The molecule has 0 aliphatic carbocycles. The summed E-state index contributed by atoms with van der Waals surface area (Å²) in [6.45, 7) is 1.64. The monoisotopic (exact) mass is 526 g/mol. The third-order valence-electron chi connectivity index (χ3n) is 7.45. The van der Waals surface area contributed by atoms with Crippen molar-refractivity contribution in [1.29, 1.82) is 0 Å². The number of carbonyl (C=O) groups is 1. The second-order valence-corrected chi connectivity index (χ2v) is 10.0. The molecule has 0 bridgehead atoms. The first kappa shape index (κ1) is 24.7. The van der Waals surface area contributed by atoms with Crippen molar-refractivity contribution in [2.24, 2.45) is 0 Å². The molecule has 3 N–H and O–H groups in total. The van der Waals surface area contributed by atoms with Crippen LogP contribution in [0, 0.1) is 5.82 Å². The normalized spacial score (nSPS) is 14.7. The van der Waals surface area contributed by atoms with E-state index in [-0.39, 0.29) is 23.4 Å². The molecular weight excluding hydrogens is 499 g/mol. The number of carboxylic acid groups (broad SMARTS) is 1. The van der Waals surface area contributed by atoms with Crippen molar-refractivity contribution in [2.45, 2.75) is 25.3 Å². The molecule has 1 amide bonds. The number of halogens is 1. The Morgan fingerprint density at radius 1 is 1.10 bits per heavy atom. The molecule has 0 saturated carbocycles. The van der Waals surface area contributed by atoms with Crippen LogP contribution in [0.25, 0.3) is 32.9 Å². The molecule has 0 unspecified atom stereocenters. The van der Waals surface area contributed by atoms with Crippen molar-refractivity contribution in [1.82, 2.24) is 25.1 Å². The van der Waals surface area contributed by atoms with Crippen LogP contribution in [-0.4, -0.2) is 62.4 Å². The smallest absolute Gasteiger partial charge is 0.414 e. The molecule has 9 nitrogen and oxygen atoms in total. The van der Waals surface area contributed by atoms with E-state index in [0.717, 1.165) is 36.9 Å². The number of aromatic amines is 2. The Bertz CT molecular complexity index is 1760. The number of piperidine rings is 1. The van der Waals surface area contributed by atoms with Crippen LogP contribution in [0.15, 0.2) is 65.5 Å². The number of hydrogen-bond donors (Lipinski definition) is 3. The SMILES string of the molecule is CN1CCC(N(C(=O)O)c2nc3cc(-c4cc(Cc5n[nH]c(=O)c6ccccc56)ccc4F)ccc3[nH]2)CC1. The predicted octanol–water partition coefficient (Wildman–Crippen LogP) is 4.77. The highest BCUT2D eigenvalue weighted by Crippen LogP contribution is 2.30. The quantitative estimate of drug-likeness (QED) is 0.304. The molecule has 1 fully saturated rings. The van der Waals surface area contributed by atoms with Gasteiger partial charge in [-0.25, -0.2) is 24.2 Å². The van der Waals surface area contributed by atoms with E-state index in [4.69, 9.17) is 0 Å². The van der Waals surface area contributed by atoms with Gasteiger partial charge >= 0.3 is 6.09 Å². The summed E-state index contributed by atoms with van der Waals surface area (Å²) in [5, 5.41) is 18.0. The molecule has 198 valence electrons. The zero-order chi connectivity index (χ0) is 27.1. The van der Waals surface area contributed by atoms with E-state index in [1.165, 1.54) is 11.0 Å². The Morgan fingerprint density at radius 2 is 1.87 bits per heavy atom. The molecule has 0 spiro atoms. The number of benzene rings is 3. The fourth-order valence-corrected chi connectivity index (χ4v) is 5.35. The maximum Gasteiger partial charge on any atom is 0.414 e. The van der Waals surface area contributed by atoms with Crippen LogP contribution in [0.1, 0.15) is 24.1 Å². The lowest BCUT2D eigenvalue weighted by atomic mass is 9.98. The van der Waals surface area contributed by atoms with Gasteiger partial charge in [-0.05, 0) is 74.4 Å². The van der Waals surface area contributed by atoms with Gasteiger partial charge in [0, 0.05) is 23.4 Å². The van der Waals surface area contributed by atoms with Gasteiger partial charge in [0.25, 0.3) is 5.56 Å². The summed E-state index contributed by atoms with van der Waals surface area (Å²) in [5.41, 5.74) is 3.53. The van der Waals surface area contributed by atoms with Gasteiger partial charge in [-0.15, -0.1) is 0 Å². The van der Waals surface area contributed by atoms with E-state index >= 15 is 4.39 Å². The number of H-pyrrole nitrogens is 2. The van der Waals surface area contributed by atoms with Crippen LogP contribution in [0.5, 0.6) is 0 Å². The number of rotatable bonds is 5. The molecule has 39 heavy (non-hydrogen) atoms. The standard InChI is InChI=1S/C29H27FN6O3/c1-35-12-10-19(11-13-35)36(29(38)39)28-31-24-9-7-18(16-26(24)32-28)22-14-17(6-8-23(22)30)15-25-20-4-2-3-5-21(20)27(37)34-33-25/h2-9,14,16,19H,10-13,15H2,1H3,(H,31,32)(H,34,37)(H,38,39). The highest BCUT2D eigenvalue weighted by molar-refractivity contribution is 5.89. The van der Waals surface area contributed by atoms with Crippen LogP contribution in [-0.2, 0) is 6.42 Å². The first-order valence-corrected chi connectivity index (χ1v) is 12.8. The number of nitrogens with zero attached hydrogens (tertiary/aromatic N) is 4. The van der Waals surface area contributed by atoms with Crippen LogP contribution in [0.4, 0.5) is 15.1 Å². The zero-order valence-corrected chi connectivity index (χ0v) is 21.3. The first-order valence-electron chi connectivity index (χ1n) is 12.8. The molecule has 1 aliphatic heterocycles. The van der Waals surface area contributed by atoms with Crippen LogP contribution >= 0.6 is 0 Å². The topological polar surface area (TPSA) is 118 Å². The Labute approximate surface area is 222 Å². The Kier molecular flexibility index (Phi) is 6.32. The van der Waals surface area contributed by atoms with Gasteiger partial charge in [0.15, 0.2) is 0 Å². The van der Waals surface area contributed by atoms with Crippen LogP contribution in [0.3, 0.4) is 0 Å². The Morgan fingerprint density at radius 3 is 2.64 bits per heavy atom. The third kappa shape index (κ3) is 4.74. The number of fused-ring (bicyclic) bond motifs is 2. The summed E-state index contributed by atoms with van der Waals surface area (Å²) in [6.07, 6.45) is 0.806. The average molecular weight is 527 g/mol. The summed E-state index contributed by atoms with van der Waals surface area (Å²) in [7, 11) is 2.03. The van der Waals surface area contributed by atoms with Gasteiger partial charge in [-0.2, -0.15) is 5.10 Å². The molecule has 0 atom stereocenters. The minimum atomic E-state index is -1.05. The highest BCUT2D eigenvalue weighted by atomic mass is 19.1. The molecule has 1 saturated heterocycles. The maximum absolute atomic E-state index is 15.0. The maximum atomic E-state index is 15.0. The van der Waals surface area contributed by atoms with Gasteiger partial charge in [0.2, 0.25) is 5.95 Å². The van der Waals surface area contributed by atoms with E-state index in [1.54, 1.807) is 42.5 Å². The van der Waals surface area contributed by atoms with Crippen molar-refractivity contribution in [3.8, 4) is 11.1 Å². The molecule has 3 heterocycles. The number of likely N-dealkylation sites (tertiary alicyclic amines) is 1. The van der Waals surface area contributed by atoms with Crippen LogP contribution in [0.2, 0.25) is 0 Å². The number of anilines is 1. The number of imidazole rings is 1. The summed E-state index contributed by atoms with van der Waals surface area (Å²) in [4.78, 5) is 35.5. The molecule has 5 aromatic rings. The average Bonchev–Trinajstić information content (AvgIpc) is 3.35. The van der Waals surface area contributed by atoms with Gasteiger partial charge in [0.05, 0.1) is 22.1 Å². The van der Waals surface area contributed by atoms with Gasteiger partial charge in [0.1, 0.15) is 5.82 Å². The summed E-state index contributed by atoms with van der Waals surface area (Å²) in [5.74, 6) is -0.110. The van der Waals surface area contributed by atoms with Crippen molar-refractivity contribution < 1.29 is 14.3 Å². The summed E-state index contributed by atoms with van der Waals surface area (Å²) >= 11 is 0. The van der Waals surface area contributed by atoms with E-state index in [0.29, 0.717) is 39.7 Å². The summed E-state index contributed by atoms with van der Waals surface area (Å²) < 4.78 is 15.0. The fourth-order valence-electron chi connectivity index (χ4n) is 5.35. The zero-order valence-electron chi connectivity index (χ0n) is 21.3. The largest absolute Gasteiger partial charge is 0.465 e. The fraction of sp³-hybridized carbons (Fsp3) is 0.241. The van der Waals surface area contributed by atoms with Crippen molar-refractivity contribution >= 4 is 33.8 Å². The molecule has 2 aromatic heterocycles. The summed E-state index contributed by atoms with van der Waals surface area (Å²) in [6, 6.07) is 17.3. The third-order valence-corrected chi connectivity index (χ3v) is 7.45. The molecule has 1 aliphatic rings. The van der Waals surface area contributed by atoms with Gasteiger partial charge in [-0.3, -0.25) is 4.79 Å². The molecule has 3 aromatic carbocycles. The van der Waals surface area contributed by atoms with Gasteiger partial charge in [-0.1, -0.05) is 30.3 Å². The Balaban J connectivity index is 1.33.